The van der Waals surface area contributed by atoms with E-state index in [2.05, 4.69) is 19.6 Å². The summed E-state index contributed by atoms with van der Waals surface area (Å²) in [5.41, 5.74) is 3.08. The summed E-state index contributed by atoms with van der Waals surface area (Å²) >= 11 is 0. The summed E-state index contributed by atoms with van der Waals surface area (Å²) in [6, 6.07) is 11.5. The fourth-order valence-corrected chi connectivity index (χ4v) is 7.68. The third-order valence-corrected chi connectivity index (χ3v) is 11.6. The summed E-state index contributed by atoms with van der Waals surface area (Å²) in [5.74, 6) is 1.24. The first-order chi connectivity index (χ1) is 26.9. The van der Waals surface area contributed by atoms with Crippen LogP contribution in [0.5, 0.6) is 11.5 Å². The zero-order chi connectivity index (χ0) is 40.2. The van der Waals surface area contributed by atoms with Crippen LogP contribution >= 0.6 is 0 Å². The largest absolute Gasteiger partial charge is 0.496 e. The van der Waals surface area contributed by atoms with Crippen LogP contribution < -0.4 is 9.47 Å². The molecule has 4 amide bonds. The van der Waals surface area contributed by atoms with Crippen molar-refractivity contribution < 1.29 is 28.7 Å². The van der Waals surface area contributed by atoms with Crippen LogP contribution in [0.25, 0.3) is 0 Å². The average Bonchev–Trinajstić information content (AvgIpc) is 3.16. The maximum atomic E-state index is 14.0. The number of carbonyl (C=O) groups is 4. The Balaban J connectivity index is 1.48. The quantitative estimate of drug-likeness (QED) is 0.432. The van der Waals surface area contributed by atoms with Gasteiger partial charge in [-0.25, -0.2) is 0 Å². The van der Waals surface area contributed by atoms with Crippen molar-refractivity contribution in [3.63, 3.8) is 0 Å². The molecule has 6 aliphatic rings. The number of para-hydroxylation sites is 2. The normalized spacial score (nSPS) is 21.1. The van der Waals surface area contributed by atoms with Gasteiger partial charge in [-0.05, 0) is 28.2 Å². The molecular weight excluding hydrogens is 713 g/mol. The number of amides is 4. The Hall–Kier alpha value is -4.24. The number of methoxy groups -OCH3 is 2. The number of rotatable bonds is 2. The SMILES string of the molecule is COc1c2cccc1CC(=O)N1CCN(C)CCN(CCN(C)CC1)C(=O)Cc1cccc(c1OC)CC(=O)N1CCN(C)CCN(CCN(C)CC1)C(=O)C2. The molecule has 8 rings (SSSR count). The van der Waals surface area contributed by atoms with Crippen LogP contribution in [0, 0.1) is 0 Å². The fourth-order valence-electron chi connectivity index (χ4n) is 7.68. The van der Waals surface area contributed by atoms with E-state index < -0.39 is 0 Å². The minimum atomic E-state index is 0.0150. The first kappa shape index (κ1) is 42.9. The maximum absolute atomic E-state index is 14.0. The van der Waals surface area contributed by atoms with Crippen molar-refractivity contribution in [3.05, 3.63) is 58.7 Å². The number of nitrogens with zero attached hydrogens (tertiary/aromatic N) is 8. The number of benzene rings is 2. The van der Waals surface area contributed by atoms with Gasteiger partial charge in [-0.1, -0.05) is 36.4 Å². The number of ether oxygens (including phenoxy) is 2. The smallest absolute Gasteiger partial charge is 0.227 e. The van der Waals surface area contributed by atoms with Gasteiger partial charge in [-0.3, -0.25) is 19.2 Å². The second-order valence-electron chi connectivity index (χ2n) is 15.7. The maximum Gasteiger partial charge on any atom is 0.227 e. The number of hydrogen-bond donors (Lipinski definition) is 0. The molecule has 0 unspecified atom stereocenters. The molecule has 308 valence electrons. The topological polar surface area (TPSA) is 113 Å². The molecule has 0 saturated carbocycles. The summed E-state index contributed by atoms with van der Waals surface area (Å²) in [7, 11) is 11.3. The monoisotopic (exact) mass is 776 g/mol. The van der Waals surface area contributed by atoms with Gasteiger partial charge in [0.05, 0.1) is 39.9 Å². The predicted octanol–water partition coefficient (Wildman–Crippen LogP) is 0.656. The van der Waals surface area contributed by atoms with E-state index >= 15 is 0 Å². The van der Waals surface area contributed by atoms with Crippen LogP contribution in [0.15, 0.2) is 36.4 Å². The van der Waals surface area contributed by atoms with Crippen LogP contribution in [-0.4, -0.2) is 210 Å². The van der Waals surface area contributed by atoms with Crippen molar-refractivity contribution in [2.45, 2.75) is 25.7 Å². The Morgan fingerprint density at radius 3 is 0.732 bits per heavy atom. The standard InChI is InChI=1S/C42H64N8O6/c1-43-13-21-47-23-15-44(2)16-24-48(22-14-43)38(52)30-34-10-8-12-36(42(34)56-6)32-40(54)50-26-18-45(3)17-25-49(27-19-46(4)20-28-50)39(53)31-35-11-7-9-33(29-37(47)51)41(35)55-5/h7-12H,13-32H2,1-6H3. The first-order valence-corrected chi connectivity index (χ1v) is 20.1. The lowest BCUT2D eigenvalue weighted by molar-refractivity contribution is -0.132. The average molecular weight is 777 g/mol. The Kier molecular flexibility index (Phi) is 15.9. The molecule has 2 aromatic carbocycles. The van der Waals surface area contributed by atoms with Gasteiger partial charge in [0, 0.05) is 127 Å². The molecule has 6 heterocycles. The summed E-state index contributed by atoms with van der Waals surface area (Å²) in [5, 5.41) is 0. The number of likely N-dealkylation sites (N-methyl/N-ethyl adjacent to an activating group) is 4. The predicted molar refractivity (Wildman–Crippen MR) is 217 cm³/mol. The molecule has 14 nitrogen and oxygen atoms in total. The van der Waals surface area contributed by atoms with E-state index in [0.29, 0.717) is 116 Å². The van der Waals surface area contributed by atoms with Gasteiger partial charge in [0.15, 0.2) is 0 Å². The molecule has 6 aliphatic heterocycles. The van der Waals surface area contributed by atoms with Gasteiger partial charge in [-0.2, -0.15) is 0 Å². The second kappa shape index (κ2) is 20.8. The zero-order valence-electron chi connectivity index (χ0n) is 34.6. The third-order valence-electron chi connectivity index (χ3n) is 11.6. The summed E-state index contributed by atoms with van der Waals surface area (Å²) in [4.78, 5) is 72.3. The van der Waals surface area contributed by atoms with E-state index in [9.17, 15) is 19.2 Å². The van der Waals surface area contributed by atoms with E-state index in [-0.39, 0.29) is 49.3 Å². The molecule has 0 spiro atoms. The fraction of sp³-hybridized carbons (Fsp3) is 0.619. The van der Waals surface area contributed by atoms with Gasteiger partial charge < -0.3 is 48.7 Å². The van der Waals surface area contributed by atoms with Crippen molar-refractivity contribution in [1.82, 2.24) is 39.2 Å². The van der Waals surface area contributed by atoms with Crippen LogP contribution in [-0.2, 0) is 44.9 Å². The number of carbonyl (C=O) groups excluding carboxylic acids is 4. The van der Waals surface area contributed by atoms with E-state index in [1.54, 1.807) is 14.2 Å². The Labute approximate surface area is 333 Å². The third kappa shape index (κ3) is 11.9. The Morgan fingerprint density at radius 1 is 0.357 bits per heavy atom. The summed E-state index contributed by atoms with van der Waals surface area (Å²) in [6.07, 6.45) is 0.684. The highest BCUT2D eigenvalue weighted by atomic mass is 16.5. The van der Waals surface area contributed by atoms with Gasteiger partial charge in [0.1, 0.15) is 11.5 Å². The van der Waals surface area contributed by atoms with Crippen molar-refractivity contribution in [1.29, 1.82) is 0 Å². The van der Waals surface area contributed by atoms with Crippen molar-refractivity contribution in [2.24, 2.45) is 0 Å². The Morgan fingerprint density at radius 2 is 0.554 bits per heavy atom. The molecule has 2 saturated heterocycles. The van der Waals surface area contributed by atoms with Gasteiger partial charge in [-0.15, -0.1) is 0 Å². The van der Waals surface area contributed by atoms with Crippen LogP contribution in [0.4, 0.5) is 0 Å². The minimum Gasteiger partial charge on any atom is -0.496 e. The molecule has 0 radical (unpaired) electrons. The highest BCUT2D eigenvalue weighted by molar-refractivity contribution is 5.83. The molecule has 0 atom stereocenters. The van der Waals surface area contributed by atoms with Gasteiger partial charge >= 0.3 is 0 Å². The zero-order valence-corrected chi connectivity index (χ0v) is 34.6. The van der Waals surface area contributed by atoms with Crippen LogP contribution in [0.1, 0.15) is 22.3 Å². The van der Waals surface area contributed by atoms with Crippen LogP contribution in [0.2, 0.25) is 0 Å². The van der Waals surface area contributed by atoms with E-state index in [1.807, 2.05) is 84.2 Å². The van der Waals surface area contributed by atoms with Crippen molar-refractivity contribution in [3.8, 4) is 11.5 Å². The molecule has 2 fully saturated rings. The van der Waals surface area contributed by atoms with Gasteiger partial charge in [0.25, 0.3) is 0 Å². The molecule has 0 aliphatic carbocycles. The molecule has 2 aromatic rings. The lowest BCUT2D eigenvalue weighted by Crippen LogP contribution is -2.47. The molecule has 14 heteroatoms. The molecule has 56 heavy (non-hydrogen) atoms. The van der Waals surface area contributed by atoms with E-state index in [0.717, 1.165) is 22.3 Å². The molecule has 8 bridgehead atoms. The summed E-state index contributed by atoms with van der Waals surface area (Å²) < 4.78 is 11.8. The first-order valence-electron chi connectivity index (χ1n) is 20.1. The van der Waals surface area contributed by atoms with Crippen molar-refractivity contribution >= 4 is 23.6 Å². The van der Waals surface area contributed by atoms with Crippen LogP contribution in [0.3, 0.4) is 0 Å². The minimum absolute atomic E-state index is 0.0150. The lowest BCUT2D eigenvalue weighted by Gasteiger charge is -2.33. The van der Waals surface area contributed by atoms with E-state index in [4.69, 9.17) is 9.47 Å². The molecule has 0 N–H and O–H groups in total. The lowest BCUT2D eigenvalue weighted by atomic mass is 10.0. The highest BCUT2D eigenvalue weighted by Gasteiger charge is 2.26. The summed E-state index contributed by atoms with van der Waals surface area (Å²) in [6.45, 7) is 9.67. The van der Waals surface area contributed by atoms with E-state index in [1.165, 1.54) is 0 Å². The highest BCUT2D eigenvalue weighted by Crippen LogP contribution is 2.27. The number of hydrogen-bond acceptors (Lipinski definition) is 10. The Bertz CT molecular complexity index is 1400. The molecular formula is C42H64N8O6. The molecule has 0 aromatic heterocycles. The van der Waals surface area contributed by atoms with Crippen molar-refractivity contribution in [2.75, 3.05) is 147 Å². The van der Waals surface area contributed by atoms with Gasteiger partial charge in [0.2, 0.25) is 23.6 Å². The second-order valence-corrected chi connectivity index (χ2v) is 15.7.